The minimum atomic E-state index is -4.49. The van der Waals surface area contributed by atoms with Crippen molar-refractivity contribution in [1.82, 2.24) is 4.98 Å². The van der Waals surface area contributed by atoms with Crippen LogP contribution in [-0.4, -0.2) is 15.8 Å². The normalized spacial score (nSPS) is 11.8. The van der Waals surface area contributed by atoms with Crippen molar-refractivity contribution in [3.63, 3.8) is 0 Å². The van der Waals surface area contributed by atoms with Gasteiger partial charge >= 0.3 is 11.2 Å². The Morgan fingerprint density at radius 2 is 1.63 bits per heavy atom. The molecule has 7 nitrogen and oxygen atoms in total. The van der Waals surface area contributed by atoms with Crippen LogP contribution in [0, 0.1) is 10.1 Å². The highest BCUT2D eigenvalue weighted by Gasteiger charge is 2.30. The van der Waals surface area contributed by atoms with Crippen LogP contribution < -0.4 is 10.1 Å². The third-order valence-electron chi connectivity index (χ3n) is 6.03. The van der Waals surface area contributed by atoms with Gasteiger partial charge in [-0.2, -0.15) is 13.2 Å². The van der Waals surface area contributed by atoms with Crippen LogP contribution in [0.15, 0.2) is 60.7 Å². The van der Waals surface area contributed by atoms with Gasteiger partial charge in [0.05, 0.1) is 15.4 Å². The monoisotopic (exact) mass is 561 g/mol. The fourth-order valence-electron chi connectivity index (χ4n) is 3.42. The van der Waals surface area contributed by atoms with Crippen LogP contribution in [-0.2, 0) is 11.6 Å². The number of nitrogens with one attached hydrogen (secondary N) is 1. The summed E-state index contributed by atoms with van der Waals surface area (Å²) >= 11 is 1.71. The predicted molar refractivity (Wildman–Crippen MR) is 141 cm³/mol. The van der Waals surface area contributed by atoms with Gasteiger partial charge in [0.15, 0.2) is 5.13 Å². The molecule has 1 amide bonds. The number of aromatic nitrogens is 1. The predicted octanol–water partition coefficient (Wildman–Crippen LogP) is 8.53. The molecular formula is C26H22F3N3O4S2. The number of ether oxygens (including phenoxy) is 1. The maximum atomic E-state index is 13.1. The van der Waals surface area contributed by atoms with Gasteiger partial charge in [-0.3, -0.25) is 20.2 Å². The van der Waals surface area contributed by atoms with Crippen LogP contribution in [0.1, 0.15) is 48.0 Å². The number of thiazole rings is 1. The molecule has 0 radical (unpaired) electrons. The quantitative estimate of drug-likeness (QED) is 0.172. The third-order valence-corrected chi connectivity index (χ3v) is 7.91. The highest BCUT2D eigenvalue weighted by atomic mass is 32.1. The molecule has 4 aromatic rings. The molecule has 0 bridgehead atoms. The van der Waals surface area contributed by atoms with Crippen molar-refractivity contribution in [2.24, 2.45) is 0 Å². The minimum Gasteiger partial charge on any atom is -0.444 e. The minimum absolute atomic E-state index is 0.0251. The summed E-state index contributed by atoms with van der Waals surface area (Å²) < 4.78 is 45.3. The summed E-state index contributed by atoms with van der Waals surface area (Å²) in [6.07, 6.45) is -3.55. The zero-order valence-corrected chi connectivity index (χ0v) is 22.1. The number of amides is 1. The summed E-state index contributed by atoms with van der Waals surface area (Å²) in [6.45, 7) is 6.36. The number of hydrogen-bond acceptors (Lipinski definition) is 7. The molecule has 2 heterocycles. The molecule has 2 aromatic carbocycles. The van der Waals surface area contributed by atoms with Gasteiger partial charge in [-0.25, -0.2) is 4.98 Å². The average Bonchev–Trinajstić information content (AvgIpc) is 3.52. The van der Waals surface area contributed by atoms with E-state index in [0.29, 0.717) is 22.6 Å². The van der Waals surface area contributed by atoms with Crippen LogP contribution in [0.2, 0.25) is 0 Å². The van der Waals surface area contributed by atoms with Crippen molar-refractivity contribution in [2.75, 3.05) is 5.32 Å². The Kier molecular flexibility index (Phi) is 7.56. The summed E-state index contributed by atoms with van der Waals surface area (Å²) in [6, 6.07) is 14.5. The second-order valence-corrected chi connectivity index (χ2v) is 11.0. The molecule has 0 saturated heterocycles. The molecule has 12 heteroatoms. The Morgan fingerprint density at radius 3 is 2.18 bits per heavy atom. The van der Waals surface area contributed by atoms with Crippen LogP contribution in [0.3, 0.4) is 0 Å². The summed E-state index contributed by atoms with van der Waals surface area (Å²) in [4.78, 5) is 27.5. The number of thiophene rings is 1. The molecule has 0 aliphatic rings. The van der Waals surface area contributed by atoms with E-state index in [2.05, 4.69) is 31.1 Å². The SMILES string of the molecule is CCC(C)(C)c1ccc(Oc2sc(NC(=O)c3ccc([N+](=O)[O-])s3)nc2-c2ccc(C(F)(F)F)cc2)cc1. The summed E-state index contributed by atoms with van der Waals surface area (Å²) in [7, 11) is 0. The second-order valence-electron chi connectivity index (χ2n) is 8.94. The van der Waals surface area contributed by atoms with E-state index in [1.807, 2.05) is 12.1 Å². The molecule has 2 aromatic heterocycles. The third kappa shape index (κ3) is 6.03. The highest BCUT2D eigenvalue weighted by Crippen LogP contribution is 2.42. The van der Waals surface area contributed by atoms with E-state index in [-0.39, 0.29) is 31.2 Å². The van der Waals surface area contributed by atoms with E-state index in [1.54, 1.807) is 12.1 Å². The van der Waals surface area contributed by atoms with Crippen LogP contribution in [0.25, 0.3) is 11.3 Å². The maximum Gasteiger partial charge on any atom is 0.416 e. The summed E-state index contributed by atoms with van der Waals surface area (Å²) in [5.41, 5.74) is 0.899. The zero-order valence-electron chi connectivity index (χ0n) is 20.5. The van der Waals surface area contributed by atoms with Crippen LogP contribution in [0.4, 0.5) is 23.3 Å². The molecule has 0 aliphatic heterocycles. The first-order chi connectivity index (χ1) is 17.9. The van der Waals surface area contributed by atoms with Crippen LogP contribution in [0.5, 0.6) is 10.8 Å². The lowest BCUT2D eigenvalue weighted by Crippen LogP contribution is -2.14. The van der Waals surface area contributed by atoms with E-state index in [0.717, 1.165) is 35.5 Å². The second kappa shape index (κ2) is 10.5. The number of carbonyl (C=O) groups is 1. The lowest BCUT2D eigenvalue weighted by molar-refractivity contribution is -0.380. The van der Waals surface area contributed by atoms with E-state index >= 15 is 0 Å². The standard InChI is InChI=1S/C26H22F3N3O4S2/c1-4-25(2,3)16-9-11-18(12-10-16)36-23-21(15-5-7-17(8-6-15)26(27,28)29)30-24(38-23)31-22(33)19-13-14-20(37-19)32(34)35/h5-14H,4H2,1-3H3,(H,30,31,33). The Hall–Kier alpha value is -3.77. The van der Waals surface area contributed by atoms with Crippen molar-refractivity contribution in [1.29, 1.82) is 0 Å². The Labute approximate surface area is 224 Å². The van der Waals surface area contributed by atoms with Gasteiger partial charge < -0.3 is 4.74 Å². The van der Waals surface area contributed by atoms with E-state index in [4.69, 9.17) is 4.74 Å². The Balaban J connectivity index is 1.66. The van der Waals surface area contributed by atoms with Gasteiger partial charge in [0.2, 0.25) is 5.06 Å². The van der Waals surface area contributed by atoms with Gasteiger partial charge in [-0.15, -0.1) is 0 Å². The van der Waals surface area contributed by atoms with Gasteiger partial charge in [0, 0.05) is 11.6 Å². The number of alkyl halides is 3. The fourth-order valence-corrected chi connectivity index (χ4v) is 4.99. The number of carbonyl (C=O) groups excluding carboxylic acids is 1. The molecule has 198 valence electrons. The molecule has 0 fully saturated rings. The number of halogens is 3. The van der Waals surface area contributed by atoms with E-state index in [1.165, 1.54) is 24.3 Å². The van der Waals surface area contributed by atoms with E-state index in [9.17, 15) is 28.1 Å². The molecule has 0 atom stereocenters. The fraction of sp³-hybridized carbons (Fsp3) is 0.231. The molecule has 0 unspecified atom stereocenters. The van der Waals surface area contributed by atoms with Gasteiger partial charge in [0.1, 0.15) is 11.4 Å². The molecule has 38 heavy (non-hydrogen) atoms. The molecule has 0 spiro atoms. The van der Waals surface area contributed by atoms with Gasteiger partial charge in [-0.05, 0) is 47.7 Å². The molecule has 0 aliphatic carbocycles. The van der Waals surface area contributed by atoms with Gasteiger partial charge in [-0.1, -0.05) is 67.7 Å². The largest absolute Gasteiger partial charge is 0.444 e. The van der Waals surface area contributed by atoms with Crippen molar-refractivity contribution in [3.8, 4) is 22.1 Å². The first-order valence-electron chi connectivity index (χ1n) is 11.4. The summed E-state index contributed by atoms with van der Waals surface area (Å²) in [5.74, 6) is -0.113. The summed E-state index contributed by atoms with van der Waals surface area (Å²) in [5, 5.41) is 13.7. The van der Waals surface area contributed by atoms with Crippen molar-refractivity contribution < 1.29 is 27.6 Å². The Bertz CT molecular complexity index is 1460. The van der Waals surface area contributed by atoms with Gasteiger partial charge in [0.25, 0.3) is 5.91 Å². The zero-order chi connectivity index (χ0) is 27.7. The lowest BCUT2D eigenvalue weighted by Gasteiger charge is -2.23. The molecule has 0 saturated carbocycles. The van der Waals surface area contributed by atoms with Crippen molar-refractivity contribution in [2.45, 2.75) is 38.8 Å². The number of anilines is 1. The first kappa shape index (κ1) is 27.3. The van der Waals surface area contributed by atoms with E-state index < -0.39 is 22.6 Å². The van der Waals surface area contributed by atoms with Crippen LogP contribution >= 0.6 is 22.7 Å². The smallest absolute Gasteiger partial charge is 0.416 e. The number of nitro groups is 1. The molecule has 1 N–H and O–H groups in total. The number of rotatable bonds is 8. The number of benzene rings is 2. The maximum absolute atomic E-state index is 13.1. The number of nitrogens with zero attached hydrogens (tertiary/aromatic N) is 2. The number of hydrogen-bond donors (Lipinski definition) is 1. The average molecular weight is 562 g/mol. The molecule has 4 rings (SSSR count). The first-order valence-corrected chi connectivity index (χ1v) is 13.0. The topological polar surface area (TPSA) is 94.4 Å². The molecular weight excluding hydrogens is 539 g/mol. The Morgan fingerprint density at radius 1 is 1.00 bits per heavy atom. The van der Waals surface area contributed by atoms with Crippen molar-refractivity contribution >= 4 is 38.7 Å². The lowest BCUT2D eigenvalue weighted by atomic mass is 9.82. The van der Waals surface area contributed by atoms with Crippen molar-refractivity contribution in [3.05, 3.63) is 86.8 Å². The highest BCUT2D eigenvalue weighted by molar-refractivity contribution is 7.19.